The summed E-state index contributed by atoms with van der Waals surface area (Å²) >= 11 is 0. The number of nitrogen functional groups attached to an aromatic ring is 1. The molecule has 0 bridgehead atoms. The van der Waals surface area contributed by atoms with E-state index < -0.39 is 0 Å². The van der Waals surface area contributed by atoms with Gasteiger partial charge in [0.15, 0.2) is 0 Å². The lowest BCUT2D eigenvalue weighted by Gasteiger charge is -2.17. The minimum Gasteiger partial charge on any atom is -0.397 e. The number of benzene rings is 3. The van der Waals surface area contributed by atoms with Gasteiger partial charge >= 0.3 is 0 Å². The highest BCUT2D eigenvalue weighted by Crippen LogP contribution is 2.18. The zero-order chi connectivity index (χ0) is 23.0. The molecular weight excluding hydrogens is 414 g/mol. The normalized spacial score (nSPS) is 10.6. The first-order valence-electron chi connectivity index (χ1n) is 10.6. The number of nitrogens with one attached hydrogen (secondary N) is 1. The van der Waals surface area contributed by atoms with Gasteiger partial charge in [0.1, 0.15) is 12.2 Å². The number of aryl methyl sites for hydroxylation is 2. The molecule has 0 atom stereocenters. The summed E-state index contributed by atoms with van der Waals surface area (Å²) in [5, 5.41) is 4.28. The maximum Gasteiger partial charge on any atom is 0.255 e. The zero-order valence-electron chi connectivity index (χ0n) is 18.1. The van der Waals surface area contributed by atoms with Crippen LogP contribution in [0.25, 0.3) is 0 Å². The molecule has 1 amide bonds. The van der Waals surface area contributed by atoms with Crippen LogP contribution in [0.3, 0.4) is 0 Å². The van der Waals surface area contributed by atoms with Crippen LogP contribution in [0, 0.1) is 0 Å². The Balaban J connectivity index is 1.36. The maximum absolute atomic E-state index is 12.5. The average Bonchev–Trinajstić information content (AvgIpc) is 2.85. The van der Waals surface area contributed by atoms with Gasteiger partial charge in [0.25, 0.3) is 5.91 Å². The Morgan fingerprint density at radius 3 is 2.33 bits per heavy atom. The third-order valence-electron chi connectivity index (χ3n) is 5.12. The van der Waals surface area contributed by atoms with Crippen LogP contribution in [0.1, 0.15) is 27.3 Å². The van der Waals surface area contributed by atoms with Crippen molar-refractivity contribution >= 4 is 23.2 Å². The molecule has 1 heterocycles. The molecule has 5 N–H and O–H groups in total. The van der Waals surface area contributed by atoms with Gasteiger partial charge in [0.2, 0.25) is 5.95 Å². The first-order chi connectivity index (χ1) is 16.1. The molecule has 4 aromatic rings. The predicted molar refractivity (Wildman–Crippen MR) is 129 cm³/mol. The van der Waals surface area contributed by atoms with E-state index in [1.807, 2.05) is 42.5 Å². The van der Waals surface area contributed by atoms with Crippen molar-refractivity contribution in [1.29, 1.82) is 0 Å². The van der Waals surface area contributed by atoms with E-state index in [0.717, 1.165) is 12.0 Å². The molecule has 0 aliphatic heterocycles. The molecule has 8 heteroatoms. The van der Waals surface area contributed by atoms with E-state index in [1.165, 1.54) is 16.9 Å². The van der Waals surface area contributed by atoms with Gasteiger partial charge in [-0.3, -0.25) is 9.80 Å². The lowest BCUT2D eigenvalue weighted by Crippen LogP contribution is -2.32. The highest BCUT2D eigenvalue weighted by molar-refractivity contribution is 6.05. The fraction of sp³-hybridized carbons (Fsp3) is 0.120. The quantitative estimate of drug-likeness (QED) is 0.218. The molecule has 4 rings (SSSR count). The van der Waals surface area contributed by atoms with Crippen LogP contribution in [-0.2, 0) is 19.4 Å². The molecule has 8 nitrogen and oxygen atoms in total. The van der Waals surface area contributed by atoms with Gasteiger partial charge in [-0.2, -0.15) is 4.98 Å². The van der Waals surface area contributed by atoms with Gasteiger partial charge in [-0.25, -0.2) is 15.8 Å². The molecule has 0 radical (unpaired) electrons. The fourth-order valence-corrected chi connectivity index (χ4v) is 3.31. The number of anilines is 3. The predicted octanol–water partition coefficient (Wildman–Crippen LogP) is 3.37. The van der Waals surface area contributed by atoms with E-state index in [-0.39, 0.29) is 5.91 Å². The number of hydrogen-bond acceptors (Lipinski definition) is 7. The van der Waals surface area contributed by atoms with E-state index >= 15 is 0 Å². The average molecular weight is 440 g/mol. The van der Waals surface area contributed by atoms with E-state index in [0.29, 0.717) is 41.7 Å². The van der Waals surface area contributed by atoms with Gasteiger partial charge in [0, 0.05) is 12.0 Å². The first kappa shape index (κ1) is 21.9. The highest BCUT2D eigenvalue weighted by Gasteiger charge is 2.11. The Morgan fingerprint density at radius 2 is 1.58 bits per heavy atom. The van der Waals surface area contributed by atoms with E-state index in [4.69, 9.17) is 11.6 Å². The molecule has 0 saturated carbocycles. The van der Waals surface area contributed by atoms with Crippen LogP contribution < -0.4 is 21.9 Å². The number of nitrogens with two attached hydrogens (primary N) is 2. The van der Waals surface area contributed by atoms with Crippen molar-refractivity contribution in [2.75, 3.05) is 16.1 Å². The lowest BCUT2D eigenvalue weighted by molar-refractivity contribution is 0.102. The molecular formula is C25H25N7O. The van der Waals surface area contributed by atoms with Gasteiger partial charge in [-0.1, -0.05) is 54.6 Å². The van der Waals surface area contributed by atoms with Crippen LogP contribution in [-0.4, -0.2) is 20.9 Å². The Labute approximate surface area is 192 Å². The van der Waals surface area contributed by atoms with Crippen molar-refractivity contribution in [2.24, 2.45) is 5.84 Å². The molecule has 0 spiro atoms. The highest BCUT2D eigenvalue weighted by atomic mass is 16.1. The molecule has 33 heavy (non-hydrogen) atoms. The lowest BCUT2D eigenvalue weighted by atomic mass is 10.1. The molecule has 0 aliphatic rings. The largest absolute Gasteiger partial charge is 0.397 e. The van der Waals surface area contributed by atoms with Crippen LogP contribution in [0.15, 0.2) is 85.2 Å². The first-order valence-corrected chi connectivity index (χ1v) is 10.6. The number of carbonyl (C=O) groups excluding carboxylic acids is 1. The number of nitrogens with zero attached hydrogens (tertiary/aromatic N) is 4. The second-order valence-corrected chi connectivity index (χ2v) is 7.55. The summed E-state index contributed by atoms with van der Waals surface area (Å²) in [4.78, 5) is 25.4. The van der Waals surface area contributed by atoms with Crippen LogP contribution >= 0.6 is 0 Å². The second kappa shape index (κ2) is 10.3. The number of rotatable bonds is 8. The maximum atomic E-state index is 12.5. The van der Waals surface area contributed by atoms with Crippen LogP contribution in [0.4, 0.5) is 17.3 Å². The summed E-state index contributed by atoms with van der Waals surface area (Å²) in [7, 11) is 0. The van der Waals surface area contributed by atoms with Crippen molar-refractivity contribution in [3.8, 4) is 0 Å². The third kappa shape index (κ3) is 5.90. The van der Waals surface area contributed by atoms with Gasteiger partial charge in [0.05, 0.1) is 17.9 Å². The summed E-state index contributed by atoms with van der Waals surface area (Å²) < 4.78 is 0. The van der Waals surface area contributed by atoms with Crippen molar-refractivity contribution in [2.45, 2.75) is 19.4 Å². The molecule has 0 aliphatic carbocycles. The zero-order valence-corrected chi connectivity index (χ0v) is 18.1. The standard InChI is InChI=1S/C25H25N7O/c26-21-8-4-5-9-22(21)30-24(33)20-13-10-19(11-14-20)16-32(27)25-29-17-28-23(31-25)15-12-18-6-2-1-3-7-18/h1-11,13-14,17H,12,15-16,26-27H2,(H,30,33). The van der Waals surface area contributed by atoms with Gasteiger partial charge in [-0.05, 0) is 41.8 Å². The molecule has 166 valence electrons. The molecule has 0 unspecified atom stereocenters. The topological polar surface area (TPSA) is 123 Å². The van der Waals surface area contributed by atoms with Crippen molar-refractivity contribution in [1.82, 2.24) is 15.0 Å². The van der Waals surface area contributed by atoms with Crippen molar-refractivity contribution < 1.29 is 4.79 Å². The second-order valence-electron chi connectivity index (χ2n) is 7.55. The fourth-order valence-electron chi connectivity index (χ4n) is 3.31. The van der Waals surface area contributed by atoms with E-state index in [1.54, 1.807) is 24.3 Å². The van der Waals surface area contributed by atoms with E-state index in [2.05, 4.69) is 32.4 Å². The number of amides is 1. The Kier molecular flexibility index (Phi) is 6.87. The van der Waals surface area contributed by atoms with Crippen LogP contribution in [0.2, 0.25) is 0 Å². The van der Waals surface area contributed by atoms with Crippen molar-refractivity contribution in [3.63, 3.8) is 0 Å². The SMILES string of the molecule is Nc1ccccc1NC(=O)c1ccc(CN(N)c2ncnc(CCc3ccccc3)n2)cc1. The Bertz CT molecular complexity index is 1210. The summed E-state index contributed by atoms with van der Waals surface area (Å²) in [5.41, 5.74) is 9.65. The van der Waals surface area contributed by atoms with E-state index in [9.17, 15) is 4.79 Å². The molecule has 1 aromatic heterocycles. The monoisotopic (exact) mass is 439 g/mol. The summed E-state index contributed by atoms with van der Waals surface area (Å²) in [5.74, 6) is 7.06. The Hall–Kier alpha value is -4.30. The minimum atomic E-state index is -0.232. The molecule has 0 saturated heterocycles. The molecule has 0 fully saturated rings. The van der Waals surface area contributed by atoms with Crippen molar-refractivity contribution in [3.05, 3.63) is 108 Å². The number of hydrazine groups is 1. The third-order valence-corrected chi connectivity index (χ3v) is 5.12. The summed E-state index contributed by atoms with van der Waals surface area (Å²) in [6.07, 6.45) is 3.02. The number of hydrogen-bond donors (Lipinski definition) is 3. The number of aromatic nitrogens is 3. The van der Waals surface area contributed by atoms with Gasteiger partial charge in [-0.15, -0.1) is 0 Å². The minimum absolute atomic E-state index is 0.232. The smallest absolute Gasteiger partial charge is 0.255 e. The van der Waals surface area contributed by atoms with Crippen LogP contribution in [0.5, 0.6) is 0 Å². The number of para-hydroxylation sites is 2. The summed E-state index contributed by atoms with van der Waals surface area (Å²) in [6.45, 7) is 0.385. The van der Waals surface area contributed by atoms with Gasteiger partial charge < -0.3 is 11.1 Å². The number of carbonyl (C=O) groups is 1. The molecule has 3 aromatic carbocycles. The summed E-state index contributed by atoms with van der Waals surface area (Å²) in [6, 6.07) is 24.5. The Morgan fingerprint density at radius 1 is 0.848 bits per heavy atom.